The van der Waals surface area contributed by atoms with Gasteiger partial charge in [-0.1, -0.05) is 52.5 Å². The van der Waals surface area contributed by atoms with E-state index in [1.165, 1.54) is 42.4 Å². The largest absolute Gasteiger partial charge is 0.426 e. The summed E-state index contributed by atoms with van der Waals surface area (Å²) in [6.45, 7) is 6.64. The first-order valence-corrected chi connectivity index (χ1v) is 9.09. The van der Waals surface area contributed by atoms with Crippen molar-refractivity contribution in [3.05, 3.63) is 28.8 Å². The second-order valence-electron chi connectivity index (χ2n) is 6.44. The molecule has 0 amide bonds. The van der Waals surface area contributed by atoms with E-state index in [0.717, 1.165) is 37.9 Å². The number of unbranched alkanes of at least 4 members (excludes halogenated alkanes) is 3. The van der Waals surface area contributed by atoms with Crippen LogP contribution in [0.25, 0.3) is 0 Å². The van der Waals surface area contributed by atoms with Crippen LogP contribution in [0.5, 0.6) is 5.75 Å². The minimum atomic E-state index is -0.0335. The van der Waals surface area contributed by atoms with E-state index < -0.39 is 0 Å². The minimum Gasteiger partial charge on any atom is -0.426 e. The van der Waals surface area contributed by atoms with Crippen molar-refractivity contribution in [2.45, 2.75) is 84.5 Å². The average Bonchev–Trinajstić information content (AvgIpc) is 2.84. The summed E-state index contributed by atoms with van der Waals surface area (Å²) in [7, 11) is 0. The van der Waals surface area contributed by atoms with Gasteiger partial charge in [0.15, 0.2) is 0 Å². The molecule has 0 fully saturated rings. The zero-order chi connectivity index (χ0) is 15.9. The Morgan fingerprint density at radius 3 is 2.32 bits per heavy atom. The Morgan fingerprint density at radius 1 is 0.955 bits per heavy atom. The Hall–Kier alpha value is -1.31. The molecular weight excluding hydrogens is 272 g/mol. The normalized spacial score (nSPS) is 16.7. The molecule has 0 saturated carbocycles. The molecule has 1 aliphatic rings. The quantitative estimate of drug-likeness (QED) is 0.440. The van der Waals surface area contributed by atoms with Crippen LogP contribution in [0.15, 0.2) is 12.1 Å². The lowest BCUT2D eigenvalue weighted by atomic mass is 9.85. The molecule has 0 N–H and O–H groups in total. The maximum absolute atomic E-state index is 12.3. The van der Waals surface area contributed by atoms with Gasteiger partial charge in [0.2, 0.25) is 0 Å². The lowest BCUT2D eigenvalue weighted by Crippen LogP contribution is -2.11. The second kappa shape index (κ2) is 8.36. The maximum Gasteiger partial charge on any atom is 0.318 e. The second-order valence-corrected chi connectivity index (χ2v) is 6.44. The summed E-state index contributed by atoms with van der Waals surface area (Å²) in [6.07, 6.45) is 10.1. The zero-order valence-corrected chi connectivity index (χ0v) is 14.4. The van der Waals surface area contributed by atoms with Gasteiger partial charge in [-0.15, -0.1) is 0 Å². The van der Waals surface area contributed by atoms with Crippen LogP contribution >= 0.6 is 0 Å². The standard InChI is InChI=1S/C20H30O2/c1-4-7-10-15-13-14-18-19(16(15)11-8-5-2)17(12-9-6-3)20(21)22-18/h13-14,17H,4-12H2,1-3H3. The van der Waals surface area contributed by atoms with Crippen LogP contribution in [-0.2, 0) is 17.6 Å². The van der Waals surface area contributed by atoms with Gasteiger partial charge in [0, 0.05) is 5.56 Å². The van der Waals surface area contributed by atoms with Gasteiger partial charge in [-0.2, -0.15) is 0 Å². The molecule has 1 aliphatic heterocycles. The number of hydrogen-bond donors (Lipinski definition) is 0. The number of ether oxygens (including phenoxy) is 1. The minimum absolute atomic E-state index is 0.0246. The molecule has 0 aliphatic carbocycles. The fourth-order valence-corrected chi connectivity index (χ4v) is 3.38. The van der Waals surface area contributed by atoms with E-state index in [4.69, 9.17) is 4.74 Å². The first-order chi connectivity index (χ1) is 10.7. The fraction of sp³-hybridized carbons (Fsp3) is 0.650. The number of esters is 1. The summed E-state index contributed by atoms with van der Waals surface area (Å²) in [4.78, 5) is 12.3. The first kappa shape index (κ1) is 17.1. The number of benzene rings is 1. The third-order valence-electron chi connectivity index (χ3n) is 4.68. The number of carbonyl (C=O) groups excluding carboxylic acids is 1. The Balaban J connectivity index is 2.36. The molecule has 0 bridgehead atoms. The number of aryl methyl sites for hydroxylation is 1. The lowest BCUT2D eigenvalue weighted by Gasteiger charge is -2.16. The molecular formula is C20H30O2. The van der Waals surface area contributed by atoms with Gasteiger partial charge in [-0.25, -0.2) is 0 Å². The van der Waals surface area contributed by atoms with Crippen LogP contribution < -0.4 is 4.74 Å². The third kappa shape index (κ3) is 3.71. The molecule has 0 aromatic heterocycles. The van der Waals surface area contributed by atoms with Gasteiger partial charge in [0.1, 0.15) is 5.75 Å². The highest BCUT2D eigenvalue weighted by molar-refractivity contribution is 5.87. The topological polar surface area (TPSA) is 26.3 Å². The monoisotopic (exact) mass is 302 g/mol. The highest BCUT2D eigenvalue weighted by atomic mass is 16.5. The summed E-state index contributed by atoms with van der Waals surface area (Å²) >= 11 is 0. The van der Waals surface area contributed by atoms with Crippen LogP contribution in [0.1, 0.15) is 88.3 Å². The van der Waals surface area contributed by atoms with E-state index in [2.05, 4.69) is 26.8 Å². The molecule has 0 spiro atoms. The van der Waals surface area contributed by atoms with Crippen molar-refractivity contribution < 1.29 is 9.53 Å². The molecule has 2 heteroatoms. The number of fused-ring (bicyclic) bond motifs is 1. The molecule has 1 atom stereocenters. The zero-order valence-electron chi connectivity index (χ0n) is 14.4. The average molecular weight is 302 g/mol. The molecule has 1 unspecified atom stereocenters. The fourth-order valence-electron chi connectivity index (χ4n) is 3.38. The maximum atomic E-state index is 12.3. The van der Waals surface area contributed by atoms with Crippen molar-refractivity contribution in [2.24, 2.45) is 0 Å². The number of hydrogen-bond acceptors (Lipinski definition) is 2. The van der Waals surface area contributed by atoms with E-state index in [1.807, 2.05) is 6.07 Å². The van der Waals surface area contributed by atoms with Crippen LogP contribution in [-0.4, -0.2) is 5.97 Å². The molecule has 22 heavy (non-hydrogen) atoms. The Morgan fingerprint density at radius 2 is 1.64 bits per heavy atom. The predicted molar refractivity (Wildman–Crippen MR) is 91.6 cm³/mol. The van der Waals surface area contributed by atoms with E-state index in [0.29, 0.717) is 0 Å². The van der Waals surface area contributed by atoms with Gasteiger partial charge in [0.05, 0.1) is 5.92 Å². The molecule has 2 rings (SSSR count). The summed E-state index contributed by atoms with van der Waals surface area (Å²) in [6, 6.07) is 4.22. The molecule has 0 saturated heterocycles. The molecule has 0 radical (unpaired) electrons. The number of rotatable bonds is 9. The summed E-state index contributed by atoms with van der Waals surface area (Å²) in [5.74, 6) is 0.773. The van der Waals surface area contributed by atoms with Crippen molar-refractivity contribution in [3.63, 3.8) is 0 Å². The van der Waals surface area contributed by atoms with Gasteiger partial charge < -0.3 is 4.74 Å². The molecule has 2 nitrogen and oxygen atoms in total. The molecule has 122 valence electrons. The van der Waals surface area contributed by atoms with Crippen molar-refractivity contribution in [1.29, 1.82) is 0 Å². The molecule has 1 heterocycles. The summed E-state index contributed by atoms with van der Waals surface area (Å²) < 4.78 is 5.56. The van der Waals surface area contributed by atoms with Gasteiger partial charge in [-0.05, 0) is 49.3 Å². The molecule has 1 aromatic rings. The SMILES string of the molecule is CCCCc1ccc2c(c1CCCC)C(CCCC)C(=O)O2. The smallest absolute Gasteiger partial charge is 0.318 e. The number of carbonyl (C=O) groups is 1. The van der Waals surface area contributed by atoms with E-state index >= 15 is 0 Å². The van der Waals surface area contributed by atoms with Crippen LogP contribution in [0.4, 0.5) is 0 Å². The Kier molecular flexibility index (Phi) is 6.48. The summed E-state index contributed by atoms with van der Waals surface area (Å²) in [5, 5.41) is 0. The Labute approximate surface area is 135 Å². The van der Waals surface area contributed by atoms with Crippen molar-refractivity contribution in [3.8, 4) is 5.75 Å². The van der Waals surface area contributed by atoms with Crippen molar-refractivity contribution in [1.82, 2.24) is 0 Å². The van der Waals surface area contributed by atoms with E-state index in [-0.39, 0.29) is 11.9 Å². The van der Waals surface area contributed by atoms with Crippen LogP contribution in [0, 0.1) is 0 Å². The van der Waals surface area contributed by atoms with Crippen LogP contribution in [0.2, 0.25) is 0 Å². The highest BCUT2D eigenvalue weighted by Gasteiger charge is 2.35. The predicted octanol–water partition coefficient (Wildman–Crippen LogP) is 5.56. The van der Waals surface area contributed by atoms with Crippen molar-refractivity contribution >= 4 is 5.97 Å². The van der Waals surface area contributed by atoms with Crippen molar-refractivity contribution in [2.75, 3.05) is 0 Å². The molecule has 1 aromatic carbocycles. The highest BCUT2D eigenvalue weighted by Crippen LogP contribution is 2.42. The lowest BCUT2D eigenvalue weighted by molar-refractivity contribution is -0.134. The van der Waals surface area contributed by atoms with Gasteiger partial charge >= 0.3 is 5.97 Å². The summed E-state index contributed by atoms with van der Waals surface area (Å²) in [5.41, 5.74) is 4.08. The first-order valence-electron chi connectivity index (χ1n) is 9.09. The van der Waals surface area contributed by atoms with Crippen LogP contribution in [0.3, 0.4) is 0 Å². The van der Waals surface area contributed by atoms with Gasteiger partial charge in [-0.3, -0.25) is 4.79 Å². The van der Waals surface area contributed by atoms with E-state index in [9.17, 15) is 4.79 Å². The third-order valence-corrected chi connectivity index (χ3v) is 4.68. The van der Waals surface area contributed by atoms with E-state index in [1.54, 1.807) is 0 Å². The Bertz CT molecular complexity index is 505. The van der Waals surface area contributed by atoms with Gasteiger partial charge in [0.25, 0.3) is 0 Å².